The Bertz CT molecular complexity index is 524. The lowest BCUT2D eigenvalue weighted by atomic mass is 10.3. The molecular formula is C14H21NO4S2. The second-order valence-electron chi connectivity index (χ2n) is 4.53. The molecule has 5 nitrogen and oxygen atoms in total. The lowest BCUT2D eigenvalue weighted by molar-refractivity contribution is 0.110. The van der Waals surface area contributed by atoms with Crippen molar-refractivity contribution >= 4 is 21.8 Å². The molecule has 1 aliphatic heterocycles. The monoisotopic (exact) mass is 331 g/mol. The van der Waals surface area contributed by atoms with Crippen molar-refractivity contribution in [2.45, 2.75) is 11.8 Å². The Morgan fingerprint density at radius 1 is 1.14 bits per heavy atom. The normalized spacial score (nSPS) is 16.8. The van der Waals surface area contributed by atoms with Gasteiger partial charge in [0.25, 0.3) is 0 Å². The van der Waals surface area contributed by atoms with Gasteiger partial charge in [-0.25, -0.2) is 8.42 Å². The van der Waals surface area contributed by atoms with Gasteiger partial charge in [-0.2, -0.15) is 16.1 Å². The number of rotatable bonds is 7. The van der Waals surface area contributed by atoms with Crippen molar-refractivity contribution in [3.05, 3.63) is 24.3 Å². The number of nitrogens with zero attached hydrogens (tertiary/aromatic N) is 1. The van der Waals surface area contributed by atoms with E-state index in [0.29, 0.717) is 43.6 Å². The highest BCUT2D eigenvalue weighted by Crippen LogP contribution is 2.22. The fourth-order valence-corrected chi connectivity index (χ4v) is 4.58. The Hall–Kier alpha value is -0.760. The Morgan fingerprint density at radius 2 is 1.81 bits per heavy atom. The van der Waals surface area contributed by atoms with Crippen LogP contribution in [0.1, 0.15) is 6.92 Å². The summed E-state index contributed by atoms with van der Waals surface area (Å²) in [6.45, 7) is 4.75. The van der Waals surface area contributed by atoms with Crippen LogP contribution in [-0.2, 0) is 14.8 Å². The SMILES string of the molecule is CCOCCOc1ccc(S(=O)(=O)N2CCSCC2)cc1. The highest BCUT2D eigenvalue weighted by molar-refractivity contribution is 7.99. The van der Waals surface area contributed by atoms with Crippen molar-refractivity contribution in [1.29, 1.82) is 0 Å². The summed E-state index contributed by atoms with van der Waals surface area (Å²) in [5.74, 6) is 2.37. The first-order valence-corrected chi connectivity index (χ1v) is 9.62. The highest BCUT2D eigenvalue weighted by atomic mass is 32.2. The molecule has 1 fully saturated rings. The largest absolute Gasteiger partial charge is 0.491 e. The molecule has 1 aromatic rings. The molecule has 0 amide bonds. The van der Waals surface area contributed by atoms with E-state index in [1.807, 2.05) is 6.92 Å². The summed E-state index contributed by atoms with van der Waals surface area (Å²) in [6.07, 6.45) is 0. The van der Waals surface area contributed by atoms with Crippen LogP contribution in [0, 0.1) is 0 Å². The quantitative estimate of drug-likeness (QED) is 0.714. The maximum Gasteiger partial charge on any atom is 0.243 e. The van der Waals surface area contributed by atoms with E-state index in [4.69, 9.17) is 9.47 Å². The predicted octanol–water partition coefficient (Wildman–Crippen LogP) is 1.84. The Kier molecular flexibility index (Phi) is 6.35. The van der Waals surface area contributed by atoms with Crippen LogP contribution in [0.4, 0.5) is 0 Å². The van der Waals surface area contributed by atoms with Crippen molar-refractivity contribution < 1.29 is 17.9 Å². The summed E-state index contributed by atoms with van der Waals surface area (Å²) in [7, 11) is -3.37. The van der Waals surface area contributed by atoms with E-state index in [2.05, 4.69) is 0 Å². The summed E-state index contributed by atoms with van der Waals surface area (Å²) in [5.41, 5.74) is 0. The lowest BCUT2D eigenvalue weighted by Crippen LogP contribution is -2.37. The molecule has 0 bridgehead atoms. The third kappa shape index (κ3) is 4.60. The number of sulfonamides is 1. The molecule has 118 valence electrons. The summed E-state index contributed by atoms with van der Waals surface area (Å²) in [4.78, 5) is 0.326. The third-order valence-corrected chi connectivity index (χ3v) is 5.99. The first-order valence-electron chi connectivity index (χ1n) is 7.03. The Morgan fingerprint density at radius 3 is 2.43 bits per heavy atom. The van der Waals surface area contributed by atoms with Crippen molar-refractivity contribution in [2.24, 2.45) is 0 Å². The van der Waals surface area contributed by atoms with Gasteiger partial charge in [0.1, 0.15) is 12.4 Å². The van der Waals surface area contributed by atoms with Crippen molar-refractivity contribution in [2.75, 3.05) is 44.4 Å². The minimum absolute atomic E-state index is 0.326. The molecular weight excluding hydrogens is 310 g/mol. The zero-order valence-corrected chi connectivity index (χ0v) is 13.8. The molecule has 0 aromatic heterocycles. The van der Waals surface area contributed by atoms with E-state index in [0.717, 1.165) is 11.5 Å². The van der Waals surface area contributed by atoms with E-state index in [1.54, 1.807) is 40.3 Å². The van der Waals surface area contributed by atoms with Crippen molar-refractivity contribution in [3.8, 4) is 5.75 Å². The van der Waals surface area contributed by atoms with E-state index >= 15 is 0 Å². The van der Waals surface area contributed by atoms with Gasteiger partial charge in [0, 0.05) is 31.2 Å². The molecule has 0 aliphatic carbocycles. The van der Waals surface area contributed by atoms with Crippen LogP contribution in [0.25, 0.3) is 0 Å². The van der Waals surface area contributed by atoms with E-state index in [1.165, 1.54) is 0 Å². The zero-order valence-electron chi connectivity index (χ0n) is 12.2. The number of benzene rings is 1. The van der Waals surface area contributed by atoms with E-state index in [9.17, 15) is 8.42 Å². The second-order valence-corrected chi connectivity index (χ2v) is 7.70. The van der Waals surface area contributed by atoms with Crippen LogP contribution in [0.3, 0.4) is 0 Å². The summed E-state index contributed by atoms with van der Waals surface area (Å²) >= 11 is 1.79. The third-order valence-electron chi connectivity index (χ3n) is 3.13. The molecule has 7 heteroatoms. The average Bonchev–Trinajstić information content (AvgIpc) is 2.53. The molecule has 1 heterocycles. The molecule has 0 saturated carbocycles. The molecule has 0 spiro atoms. The van der Waals surface area contributed by atoms with Gasteiger partial charge in [0.2, 0.25) is 10.0 Å². The van der Waals surface area contributed by atoms with Gasteiger partial charge in [-0.05, 0) is 31.2 Å². The minimum atomic E-state index is -3.37. The molecule has 0 atom stereocenters. The van der Waals surface area contributed by atoms with Crippen LogP contribution in [-0.4, -0.2) is 57.1 Å². The Balaban J connectivity index is 1.97. The van der Waals surface area contributed by atoms with Crippen molar-refractivity contribution in [3.63, 3.8) is 0 Å². The van der Waals surface area contributed by atoms with Gasteiger partial charge in [0.15, 0.2) is 0 Å². The lowest BCUT2D eigenvalue weighted by Gasteiger charge is -2.25. The average molecular weight is 331 g/mol. The second kappa shape index (κ2) is 8.03. The fourth-order valence-electron chi connectivity index (χ4n) is 2.01. The molecule has 0 unspecified atom stereocenters. The summed E-state index contributed by atoms with van der Waals surface area (Å²) in [6, 6.07) is 6.59. The standard InChI is InChI=1S/C14H21NO4S2/c1-2-18-9-10-19-13-3-5-14(6-4-13)21(16,17)15-7-11-20-12-8-15/h3-6H,2,7-12H2,1H3. The minimum Gasteiger partial charge on any atom is -0.491 e. The number of hydrogen-bond donors (Lipinski definition) is 0. The fraction of sp³-hybridized carbons (Fsp3) is 0.571. The molecule has 2 rings (SSSR count). The highest BCUT2D eigenvalue weighted by Gasteiger charge is 2.25. The maximum absolute atomic E-state index is 12.5. The van der Waals surface area contributed by atoms with Crippen LogP contribution in [0.15, 0.2) is 29.2 Å². The molecule has 1 aliphatic rings. The summed E-state index contributed by atoms with van der Waals surface area (Å²) in [5, 5.41) is 0. The number of thioether (sulfide) groups is 1. The molecule has 0 N–H and O–H groups in total. The van der Waals surface area contributed by atoms with Gasteiger partial charge in [-0.1, -0.05) is 0 Å². The van der Waals surface area contributed by atoms with Gasteiger partial charge in [-0.3, -0.25) is 0 Å². The van der Waals surface area contributed by atoms with Crippen molar-refractivity contribution in [1.82, 2.24) is 4.31 Å². The van der Waals surface area contributed by atoms with Gasteiger partial charge in [0.05, 0.1) is 11.5 Å². The van der Waals surface area contributed by atoms with Crippen LogP contribution >= 0.6 is 11.8 Å². The van der Waals surface area contributed by atoms with Crippen LogP contribution in [0.5, 0.6) is 5.75 Å². The van der Waals surface area contributed by atoms with Gasteiger partial charge in [-0.15, -0.1) is 0 Å². The van der Waals surface area contributed by atoms with E-state index < -0.39 is 10.0 Å². The number of ether oxygens (including phenoxy) is 2. The smallest absolute Gasteiger partial charge is 0.243 e. The van der Waals surface area contributed by atoms with Crippen LogP contribution < -0.4 is 4.74 Å². The molecule has 1 aromatic carbocycles. The predicted molar refractivity (Wildman–Crippen MR) is 84.5 cm³/mol. The van der Waals surface area contributed by atoms with Gasteiger partial charge < -0.3 is 9.47 Å². The first-order chi connectivity index (χ1) is 10.1. The number of hydrogen-bond acceptors (Lipinski definition) is 5. The maximum atomic E-state index is 12.5. The molecule has 0 radical (unpaired) electrons. The molecule has 1 saturated heterocycles. The van der Waals surface area contributed by atoms with Gasteiger partial charge >= 0.3 is 0 Å². The topological polar surface area (TPSA) is 55.8 Å². The molecule has 21 heavy (non-hydrogen) atoms. The van der Waals surface area contributed by atoms with E-state index in [-0.39, 0.29) is 0 Å². The summed E-state index contributed by atoms with van der Waals surface area (Å²) < 4.78 is 37.1. The van der Waals surface area contributed by atoms with Crippen LogP contribution in [0.2, 0.25) is 0 Å². The first kappa shape index (κ1) is 16.6. The Labute approximate surface area is 130 Å². The zero-order chi connectivity index (χ0) is 15.1.